The highest BCUT2D eigenvalue weighted by molar-refractivity contribution is 5.97. The molecule has 3 fully saturated rings. The lowest BCUT2D eigenvalue weighted by atomic mass is 9.61. The molecule has 4 aliphatic rings. The van der Waals surface area contributed by atoms with E-state index in [4.69, 9.17) is 9.47 Å². The van der Waals surface area contributed by atoms with E-state index in [1.54, 1.807) is 13.8 Å². The minimum Gasteiger partial charge on any atom is -0.490 e. The number of amides is 1. The van der Waals surface area contributed by atoms with Crippen LogP contribution in [0.3, 0.4) is 0 Å². The van der Waals surface area contributed by atoms with E-state index in [-0.39, 0.29) is 28.9 Å². The number of fused-ring (bicyclic) bond motifs is 1. The van der Waals surface area contributed by atoms with E-state index in [0.717, 1.165) is 82.5 Å². The van der Waals surface area contributed by atoms with Gasteiger partial charge in [0, 0.05) is 80.4 Å². The van der Waals surface area contributed by atoms with Crippen LogP contribution in [0, 0.1) is 11.2 Å². The average molecular weight is 694 g/mol. The average Bonchev–Trinajstić information content (AvgIpc) is 3.01. The molecule has 1 saturated heterocycles. The first-order valence-electron chi connectivity index (χ1n) is 17.6. The molecule has 1 amide bonds. The van der Waals surface area contributed by atoms with Crippen LogP contribution in [0.15, 0.2) is 43.0 Å². The summed E-state index contributed by atoms with van der Waals surface area (Å²) < 4.78 is 54.8. The van der Waals surface area contributed by atoms with Crippen molar-refractivity contribution in [1.29, 1.82) is 0 Å². The summed E-state index contributed by atoms with van der Waals surface area (Å²) in [6.07, 6.45) is 8.05. The number of benzene rings is 1. The number of nitrogens with zero attached hydrogens (tertiary/aromatic N) is 7. The molecule has 2 aromatic heterocycles. The molecule has 0 atom stereocenters. The molecule has 3 aromatic rings. The molecule has 13 heteroatoms. The van der Waals surface area contributed by atoms with Crippen molar-refractivity contribution in [1.82, 2.24) is 29.7 Å². The standard InChI is InChI=1S/C37H46F3N7O3/c1-24(2)47(26-15-37(39,40)16-26)35(48)28-14-25(38)6-7-31(28)50-33-19-41-23-43-34(33)46-21-36(22-46)17-27(18-36)49-32-8-10-42-30-9-13-45(20-29(30)32)12-5-11-44(3)4/h6-8,10,14,19,23-24,26-27H,5,9,11-13,15-18,20-22H2,1-4H3. The number of carbonyl (C=O) groups is 1. The maximum absolute atomic E-state index is 14.5. The van der Waals surface area contributed by atoms with Crippen LogP contribution in [0.25, 0.3) is 0 Å². The van der Waals surface area contributed by atoms with Gasteiger partial charge in [0.1, 0.15) is 29.7 Å². The zero-order valence-corrected chi connectivity index (χ0v) is 29.2. The van der Waals surface area contributed by atoms with Gasteiger partial charge in [0.15, 0.2) is 11.6 Å². The van der Waals surface area contributed by atoms with Crippen molar-refractivity contribution in [3.8, 4) is 17.2 Å². The topological polar surface area (TPSA) is 87.2 Å². The first kappa shape index (κ1) is 34.5. The lowest BCUT2D eigenvalue weighted by Crippen LogP contribution is -2.65. The fourth-order valence-electron chi connectivity index (χ4n) is 8.00. The predicted octanol–water partition coefficient (Wildman–Crippen LogP) is 5.81. The number of aromatic nitrogens is 3. The Morgan fingerprint density at radius 1 is 1.06 bits per heavy atom. The van der Waals surface area contributed by atoms with Gasteiger partial charge in [-0.05, 0) is 84.6 Å². The molecule has 1 spiro atoms. The normalized spacial score (nSPS) is 19.9. The molecule has 2 saturated carbocycles. The molecule has 2 aliphatic heterocycles. The van der Waals surface area contributed by atoms with Crippen molar-refractivity contribution < 1.29 is 27.4 Å². The largest absolute Gasteiger partial charge is 0.490 e. The maximum Gasteiger partial charge on any atom is 0.258 e. The number of hydrogen-bond acceptors (Lipinski definition) is 9. The number of ether oxygens (including phenoxy) is 2. The van der Waals surface area contributed by atoms with Crippen molar-refractivity contribution in [2.24, 2.45) is 5.41 Å². The minimum atomic E-state index is -2.80. The van der Waals surface area contributed by atoms with Crippen LogP contribution in [0.5, 0.6) is 17.2 Å². The molecule has 50 heavy (non-hydrogen) atoms. The Morgan fingerprint density at radius 3 is 2.56 bits per heavy atom. The van der Waals surface area contributed by atoms with Crippen molar-refractivity contribution in [3.05, 3.63) is 65.6 Å². The van der Waals surface area contributed by atoms with Gasteiger partial charge in [-0.15, -0.1) is 0 Å². The van der Waals surface area contributed by atoms with E-state index in [0.29, 0.717) is 11.6 Å². The third kappa shape index (κ3) is 7.12. The highest BCUT2D eigenvalue weighted by Gasteiger charge is 2.54. The van der Waals surface area contributed by atoms with Gasteiger partial charge in [0.25, 0.3) is 11.8 Å². The SMILES string of the molecule is CC(C)N(C(=O)c1cc(F)ccc1Oc1cncnc1N1CC2(CC(Oc3ccnc4c3CN(CCCN(C)C)CC4)C2)C1)C1CC(F)(F)C1. The Labute approximate surface area is 291 Å². The van der Waals surface area contributed by atoms with Crippen molar-refractivity contribution in [2.75, 3.05) is 51.7 Å². The van der Waals surface area contributed by atoms with Crippen molar-refractivity contribution in [2.45, 2.75) is 83.0 Å². The Hall–Kier alpha value is -3.97. The van der Waals surface area contributed by atoms with Gasteiger partial charge in [0.2, 0.25) is 0 Å². The Balaban J connectivity index is 0.985. The highest BCUT2D eigenvalue weighted by atomic mass is 19.3. The molecular formula is C37H46F3N7O3. The van der Waals surface area contributed by atoms with E-state index in [9.17, 15) is 18.0 Å². The van der Waals surface area contributed by atoms with Gasteiger partial charge in [0.05, 0.1) is 11.8 Å². The number of halogens is 3. The van der Waals surface area contributed by atoms with Crippen LogP contribution in [0.2, 0.25) is 0 Å². The summed E-state index contributed by atoms with van der Waals surface area (Å²) in [6, 6.07) is 4.71. The number of hydrogen-bond donors (Lipinski definition) is 0. The van der Waals surface area contributed by atoms with E-state index in [1.165, 1.54) is 35.1 Å². The lowest BCUT2D eigenvalue weighted by Gasteiger charge is -2.59. The quantitative estimate of drug-likeness (QED) is 0.233. The molecule has 1 aromatic carbocycles. The summed E-state index contributed by atoms with van der Waals surface area (Å²) in [5, 5.41) is 0. The summed E-state index contributed by atoms with van der Waals surface area (Å²) >= 11 is 0. The summed E-state index contributed by atoms with van der Waals surface area (Å²) in [4.78, 5) is 35.3. The summed E-state index contributed by atoms with van der Waals surface area (Å²) in [5.41, 5.74) is 2.43. The van der Waals surface area contributed by atoms with Gasteiger partial charge in [-0.1, -0.05) is 0 Å². The third-order valence-corrected chi connectivity index (χ3v) is 10.5. The molecule has 10 nitrogen and oxygen atoms in total. The minimum absolute atomic E-state index is 0.0298. The first-order chi connectivity index (χ1) is 23.9. The molecule has 2 aliphatic carbocycles. The van der Waals surface area contributed by atoms with Gasteiger partial charge >= 0.3 is 0 Å². The van der Waals surface area contributed by atoms with Gasteiger partial charge < -0.3 is 24.2 Å². The Morgan fingerprint density at radius 2 is 1.84 bits per heavy atom. The summed E-state index contributed by atoms with van der Waals surface area (Å²) in [6.45, 7) is 9.06. The molecular weight excluding hydrogens is 647 g/mol. The number of pyridine rings is 1. The van der Waals surface area contributed by atoms with Crippen LogP contribution in [-0.4, -0.2) is 106 Å². The number of alkyl halides is 2. The predicted molar refractivity (Wildman–Crippen MR) is 182 cm³/mol. The Bertz CT molecular complexity index is 1700. The second kappa shape index (κ2) is 13.6. The molecule has 268 valence electrons. The molecule has 0 unspecified atom stereocenters. The van der Waals surface area contributed by atoms with E-state index in [1.807, 2.05) is 12.3 Å². The highest BCUT2D eigenvalue weighted by Crippen LogP contribution is 2.52. The van der Waals surface area contributed by atoms with Gasteiger partial charge in [-0.3, -0.25) is 14.7 Å². The van der Waals surface area contributed by atoms with Crippen molar-refractivity contribution in [3.63, 3.8) is 0 Å². The fourth-order valence-corrected chi connectivity index (χ4v) is 8.00. The zero-order valence-electron chi connectivity index (χ0n) is 29.2. The summed E-state index contributed by atoms with van der Waals surface area (Å²) in [5.74, 6) is -2.00. The van der Waals surface area contributed by atoms with Crippen LogP contribution in [0.1, 0.15) is 67.6 Å². The monoisotopic (exact) mass is 693 g/mol. The maximum atomic E-state index is 14.5. The number of rotatable bonds is 12. The number of anilines is 1. The molecule has 7 rings (SSSR count). The molecule has 0 radical (unpaired) electrons. The fraction of sp³-hybridized carbons (Fsp3) is 0.568. The first-order valence-corrected chi connectivity index (χ1v) is 17.6. The third-order valence-electron chi connectivity index (χ3n) is 10.5. The van der Waals surface area contributed by atoms with Crippen LogP contribution < -0.4 is 14.4 Å². The zero-order chi connectivity index (χ0) is 35.2. The Kier molecular flexibility index (Phi) is 9.40. The second-order valence-corrected chi connectivity index (χ2v) is 15.1. The van der Waals surface area contributed by atoms with Crippen LogP contribution >= 0.6 is 0 Å². The smallest absolute Gasteiger partial charge is 0.258 e. The molecule has 0 bridgehead atoms. The van der Waals surface area contributed by atoms with E-state index in [2.05, 4.69) is 43.7 Å². The van der Waals surface area contributed by atoms with Gasteiger partial charge in [-0.2, -0.15) is 0 Å². The van der Waals surface area contributed by atoms with Crippen molar-refractivity contribution >= 4 is 11.7 Å². The number of carbonyl (C=O) groups excluding carboxylic acids is 1. The van der Waals surface area contributed by atoms with E-state index < -0.39 is 36.5 Å². The second-order valence-electron chi connectivity index (χ2n) is 15.1. The lowest BCUT2D eigenvalue weighted by molar-refractivity contribution is -0.120. The van der Waals surface area contributed by atoms with E-state index >= 15 is 0 Å². The van der Waals surface area contributed by atoms with Crippen LogP contribution in [0.4, 0.5) is 19.0 Å². The molecule has 4 heterocycles. The van der Waals surface area contributed by atoms with Gasteiger partial charge in [-0.25, -0.2) is 23.1 Å². The summed E-state index contributed by atoms with van der Waals surface area (Å²) in [7, 11) is 4.21. The van der Waals surface area contributed by atoms with Crippen LogP contribution in [-0.2, 0) is 13.0 Å². The molecule has 0 N–H and O–H groups in total.